The fraction of sp³-hybridized carbons (Fsp3) is 0.333. The fourth-order valence-electron chi connectivity index (χ4n) is 3.13. The molecule has 0 radical (unpaired) electrons. The van der Waals surface area contributed by atoms with Gasteiger partial charge in [-0.15, -0.1) is 0 Å². The SMILES string of the molecule is O=C(NCC1CCN(C(=O)C=CCc2ccccc2)CC1)c1ncc(O)cn1. The van der Waals surface area contributed by atoms with E-state index >= 15 is 0 Å². The molecule has 0 unspecified atom stereocenters. The Kier molecular flexibility index (Phi) is 6.73. The number of hydrogen-bond acceptors (Lipinski definition) is 5. The summed E-state index contributed by atoms with van der Waals surface area (Å²) in [6.07, 6.45) is 8.37. The summed E-state index contributed by atoms with van der Waals surface area (Å²) in [5.74, 6) is -0.0444. The third-order valence-electron chi connectivity index (χ3n) is 4.78. The zero-order valence-corrected chi connectivity index (χ0v) is 15.6. The average molecular weight is 380 g/mol. The van der Waals surface area contributed by atoms with E-state index in [0.29, 0.717) is 25.6 Å². The number of carbonyl (C=O) groups excluding carboxylic acids is 2. The van der Waals surface area contributed by atoms with Gasteiger partial charge in [-0.2, -0.15) is 0 Å². The number of aromatic hydroxyl groups is 1. The fourth-order valence-corrected chi connectivity index (χ4v) is 3.13. The summed E-state index contributed by atoms with van der Waals surface area (Å²) in [4.78, 5) is 33.8. The number of hydrogen-bond donors (Lipinski definition) is 2. The second-order valence-corrected chi connectivity index (χ2v) is 6.84. The molecule has 3 rings (SSSR count). The van der Waals surface area contributed by atoms with Crippen molar-refractivity contribution < 1.29 is 14.7 Å². The van der Waals surface area contributed by atoms with E-state index in [-0.39, 0.29) is 23.4 Å². The maximum Gasteiger partial charge on any atom is 0.289 e. The number of rotatable bonds is 6. The third kappa shape index (κ3) is 5.64. The summed E-state index contributed by atoms with van der Waals surface area (Å²) in [6.45, 7) is 1.89. The van der Waals surface area contributed by atoms with Gasteiger partial charge in [0.25, 0.3) is 5.91 Å². The molecule has 0 bridgehead atoms. The van der Waals surface area contributed by atoms with Crippen LogP contribution in [-0.4, -0.2) is 51.4 Å². The van der Waals surface area contributed by atoms with E-state index in [2.05, 4.69) is 15.3 Å². The Morgan fingerprint density at radius 1 is 1.14 bits per heavy atom. The Morgan fingerprint density at radius 2 is 1.82 bits per heavy atom. The van der Waals surface area contributed by atoms with Crippen molar-refractivity contribution >= 4 is 11.8 Å². The number of aromatic nitrogens is 2. The van der Waals surface area contributed by atoms with Gasteiger partial charge in [-0.1, -0.05) is 36.4 Å². The van der Waals surface area contributed by atoms with Gasteiger partial charge < -0.3 is 15.3 Å². The highest BCUT2D eigenvalue weighted by Gasteiger charge is 2.22. The molecule has 28 heavy (non-hydrogen) atoms. The molecule has 7 heteroatoms. The van der Waals surface area contributed by atoms with Crippen molar-refractivity contribution in [1.29, 1.82) is 0 Å². The van der Waals surface area contributed by atoms with Crippen LogP contribution in [0, 0.1) is 5.92 Å². The van der Waals surface area contributed by atoms with E-state index in [9.17, 15) is 9.59 Å². The summed E-state index contributed by atoms with van der Waals surface area (Å²) < 4.78 is 0. The highest BCUT2D eigenvalue weighted by Crippen LogP contribution is 2.17. The minimum atomic E-state index is -0.359. The minimum absolute atomic E-state index is 0.0361. The van der Waals surface area contributed by atoms with Crippen molar-refractivity contribution in [2.45, 2.75) is 19.3 Å². The second kappa shape index (κ2) is 9.64. The molecule has 1 aliphatic heterocycles. The van der Waals surface area contributed by atoms with Crippen LogP contribution >= 0.6 is 0 Å². The predicted octanol–water partition coefficient (Wildman–Crippen LogP) is 1.95. The Morgan fingerprint density at radius 3 is 2.50 bits per heavy atom. The van der Waals surface area contributed by atoms with Gasteiger partial charge in [-0.3, -0.25) is 9.59 Å². The molecular formula is C21H24N4O3. The molecule has 0 aliphatic carbocycles. The number of likely N-dealkylation sites (tertiary alicyclic amines) is 1. The molecule has 1 aliphatic rings. The van der Waals surface area contributed by atoms with E-state index in [1.807, 2.05) is 41.3 Å². The lowest BCUT2D eigenvalue weighted by molar-refractivity contribution is -0.127. The normalized spacial score (nSPS) is 14.9. The highest BCUT2D eigenvalue weighted by molar-refractivity contribution is 5.90. The van der Waals surface area contributed by atoms with Gasteiger partial charge in [0.1, 0.15) is 0 Å². The monoisotopic (exact) mass is 380 g/mol. The second-order valence-electron chi connectivity index (χ2n) is 6.84. The van der Waals surface area contributed by atoms with E-state index < -0.39 is 0 Å². The van der Waals surface area contributed by atoms with E-state index in [4.69, 9.17) is 5.11 Å². The van der Waals surface area contributed by atoms with Crippen LogP contribution in [0.5, 0.6) is 5.75 Å². The van der Waals surface area contributed by atoms with Crippen molar-refractivity contribution in [2.75, 3.05) is 19.6 Å². The Labute approximate surface area is 164 Å². The molecule has 0 spiro atoms. The molecule has 1 fully saturated rings. The van der Waals surface area contributed by atoms with Crippen molar-refractivity contribution in [1.82, 2.24) is 20.2 Å². The molecule has 1 aromatic carbocycles. The first kappa shape index (κ1) is 19.5. The van der Waals surface area contributed by atoms with Crippen LogP contribution in [0.3, 0.4) is 0 Å². The number of allylic oxidation sites excluding steroid dienone is 1. The largest absolute Gasteiger partial charge is 0.505 e. The number of nitrogens with zero attached hydrogens (tertiary/aromatic N) is 3. The third-order valence-corrected chi connectivity index (χ3v) is 4.78. The molecule has 7 nitrogen and oxygen atoms in total. The number of nitrogens with one attached hydrogen (secondary N) is 1. The lowest BCUT2D eigenvalue weighted by atomic mass is 9.96. The number of piperidine rings is 1. The highest BCUT2D eigenvalue weighted by atomic mass is 16.3. The van der Waals surface area contributed by atoms with Crippen LogP contribution in [0.25, 0.3) is 0 Å². The molecule has 2 aromatic rings. The summed E-state index contributed by atoms with van der Waals surface area (Å²) in [7, 11) is 0. The molecule has 146 valence electrons. The molecule has 2 N–H and O–H groups in total. The topological polar surface area (TPSA) is 95.4 Å². The molecule has 2 heterocycles. The molecule has 0 atom stereocenters. The van der Waals surface area contributed by atoms with Crippen molar-refractivity contribution in [3.8, 4) is 5.75 Å². The van der Waals surface area contributed by atoms with Crippen LogP contribution in [-0.2, 0) is 11.2 Å². The quantitative estimate of drug-likeness (QED) is 0.747. The smallest absolute Gasteiger partial charge is 0.289 e. The van der Waals surface area contributed by atoms with Gasteiger partial charge in [-0.25, -0.2) is 9.97 Å². The summed E-state index contributed by atoms with van der Waals surface area (Å²) in [5, 5.41) is 12.0. The van der Waals surface area contributed by atoms with Crippen LogP contribution in [0.15, 0.2) is 54.9 Å². The predicted molar refractivity (Wildman–Crippen MR) is 105 cm³/mol. The van der Waals surface area contributed by atoms with E-state index in [1.54, 1.807) is 6.08 Å². The first-order chi connectivity index (χ1) is 13.6. The summed E-state index contributed by atoms with van der Waals surface area (Å²) >= 11 is 0. The zero-order chi connectivity index (χ0) is 19.8. The van der Waals surface area contributed by atoms with Gasteiger partial charge in [0.2, 0.25) is 11.7 Å². The van der Waals surface area contributed by atoms with Crippen LogP contribution in [0.1, 0.15) is 29.0 Å². The lowest BCUT2D eigenvalue weighted by Crippen LogP contribution is -2.41. The van der Waals surface area contributed by atoms with Gasteiger partial charge in [-0.05, 0) is 36.8 Å². The Balaban J connectivity index is 1.38. The summed E-state index contributed by atoms with van der Waals surface area (Å²) in [5.41, 5.74) is 1.18. The van der Waals surface area contributed by atoms with Gasteiger partial charge in [0.05, 0.1) is 12.4 Å². The molecule has 1 aromatic heterocycles. The van der Waals surface area contributed by atoms with Gasteiger partial charge in [0, 0.05) is 19.6 Å². The number of carbonyl (C=O) groups is 2. The van der Waals surface area contributed by atoms with Crippen LogP contribution in [0.2, 0.25) is 0 Å². The molecule has 1 saturated heterocycles. The molecule has 0 saturated carbocycles. The van der Waals surface area contributed by atoms with Crippen molar-refractivity contribution in [2.24, 2.45) is 5.92 Å². The minimum Gasteiger partial charge on any atom is -0.505 e. The summed E-state index contributed by atoms with van der Waals surface area (Å²) in [6, 6.07) is 10.0. The zero-order valence-electron chi connectivity index (χ0n) is 15.6. The van der Waals surface area contributed by atoms with E-state index in [1.165, 1.54) is 18.0 Å². The maximum absolute atomic E-state index is 12.3. The van der Waals surface area contributed by atoms with E-state index in [0.717, 1.165) is 19.3 Å². The first-order valence-corrected chi connectivity index (χ1v) is 9.40. The van der Waals surface area contributed by atoms with Crippen LogP contribution in [0.4, 0.5) is 0 Å². The standard InChI is InChI=1S/C21H24N4O3/c26-18-14-22-20(23-15-18)21(28)24-13-17-9-11-25(12-10-17)19(27)8-4-7-16-5-2-1-3-6-16/h1-6,8,14-15,17,26H,7,9-13H2,(H,24,28). The van der Waals surface area contributed by atoms with Crippen molar-refractivity contribution in [3.63, 3.8) is 0 Å². The Bertz CT molecular complexity index is 813. The number of amides is 2. The Hall–Kier alpha value is -3.22. The van der Waals surface area contributed by atoms with Gasteiger partial charge >= 0.3 is 0 Å². The van der Waals surface area contributed by atoms with Gasteiger partial charge in [0.15, 0.2) is 5.75 Å². The average Bonchev–Trinajstić information content (AvgIpc) is 2.73. The maximum atomic E-state index is 12.3. The molecule has 2 amide bonds. The number of benzene rings is 1. The molecular weight excluding hydrogens is 356 g/mol. The lowest BCUT2D eigenvalue weighted by Gasteiger charge is -2.31. The van der Waals surface area contributed by atoms with Crippen molar-refractivity contribution in [3.05, 3.63) is 66.3 Å². The first-order valence-electron chi connectivity index (χ1n) is 9.40. The van der Waals surface area contributed by atoms with Crippen LogP contribution < -0.4 is 5.32 Å².